The molecule has 0 saturated heterocycles. The number of aryl methyl sites for hydroxylation is 3. The van der Waals surface area contributed by atoms with E-state index in [9.17, 15) is 0 Å². The lowest BCUT2D eigenvalue weighted by atomic mass is 10.1. The summed E-state index contributed by atoms with van der Waals surface area (Å²) in [4.78, 5) is 4.46. The smallest absolute Gasteiger partial charge is 0.202 e. The molecule has 1 unspecified atom stereocenters. The first-order valence-corrected chi connectivity index (χ1v) is 6.45. The average molecular weight is 243 g/mol. The summed E-state index contributed by atoms with van der Waals surface area (Å²) in [6, 6.07) is 11.0. The van der Waals surface area contributed by atoms with E-state index in [0.717, 1.165) is 24.5 Å². The third-order valence-corrected chi connectivity index (χ3v) is 3.08. The van der Waals surface area contributed by atoms with Crippen LogP contribution in [0.15, 0.2) is 36.5 Å². The summed E-state index contributed by atoms with van der Waals surface area (Å²) in [6.45, 7) is 4.22. The van der Waals surface area contributed by atoms with Crippen molar-refractivity contribution in [1.29, 1.82) is 0 Å². The highest BCUT2D eigenvalue weighted by molar-refractivity contribution is 5.29. The van der Waals surface area contributed by atoms with Crippen molar-refractivity contribution in [2.45, 2.75) is 32.7 Å². The molecule has 0 saturated carbocycles. The second-order valence-corrected chi connectivity index (χ2v) is 4.89. The SMILES string of the molecule is Cc1cn(C)c(NC(C)CCc2ccccc2)n1. The monoisotopic (exact) mass is 243 g/mol. The van der Waals surface area contributed by atoms with Gasteiger partial charge in [-0.05, 0) is 32.3 Å². The van der Waals surface area contributed by atoms with Gasteiger partial charge in [-0.1, -0.05) is 30.3 Å². The van der Waals surface area contributed by atoms with Gasteiger partial charge in [0.1, 0.15) is 0 Å². The van der Waals surface area contributed by atoms with Crippen LogP contribution in [-0.4, -0.2) is 15.6 Å². The summed E-state index contributed by atoms with van der Waals surface area (Å²) in [6.07, 6.45) is 4.24. The zero-order valence-electron chi connectivity index (χ0n) is 11.4. The zero-order valence-corrected chi connectivity index (χ0v) is 11.4. The molecule has 1 aromatic carbocycles. The molecule has 0 aliphatic carbocycles. The minimum atomic E-state index is 0.422. The van der Waals surface area contributed by atoms with Crippen LogP contribution in [0.4, 0.5) is 5.95 Å². The molecule has 1 N–H and O–H groups in total. The van der Waals surface area contributed by atoms with Gasteiger partial charge in [-0.15, -0.1) is 0 Å². The van der Waals surface area contributed by atoms with E-state index in [-0.39, 0.29) is 0 Å². The Kier molecular flexibility index (Phi) is 4.03. The molecule has 0 bridgehead atoms. The number of hydrogen-bond donors (Lipinski definition) is 1. The lowest BCUT2D eigenvalue weighted by Crippen LogP contribution is -2.18. The second-order valence-electron chi connectivity index (χ2n) is 4.89. The number of nitrogens with zero attached hydrogens (tertiary/aromatic N) is 2. The van der Waals surface area contributed by atoms with Crippen LogP contribution in [0.25, 0.3) is 0 Å². The van der Waals surface area contributed by atoms with Crippen molar-refractivity contribution < 1.29 is 0 Å². The third-order valence-electron chi connectivity index (χ3n) is 3.08. The van der Waals surface area contributed by atoms with Crippen molar-refractivity contribution in [3.05, 3.63) is 47.8 Å². The fraction of sp³-hybridized carbons (Fsp3) is 0.400. The van der Waals surface area contributed by atoms with Crippen LogP contribution >= 0.6 is 0 Å². The molecule has 96 valence electrons. The van der Waals surface area contributed by atoms with Crippen LogP contribution in [0.1, 0.15) is 24.6 Å². The van der Waals surface area contributed by atoms with Gasteiger partial charge in [0, 0.05) is 19.3 Å². The summed E-state index contributed by atoms with van der Waals surface area (Å²) in [7, 11) is 2.02. The van der Waals surface area contributed by atoms with Gasteiger partial charge in [0.05, 0.1) is 5.69 Å². The molecule has 0 aliphatic rings. The predicted molar refractivity (Wildman–Crippen MR) is 75.8 cm³/mol. The quantitative estimate of drug-likeness (QED) is 0.874. The first-order valence-electron chi connectivity index (χ1n) is 6.45. The summed E-state index contributed by atoms with van der Waals surface area (Å²) in [5.74, 6) is 0.952. The highest BCUT2D eigenvalue weighted by Crippen LogP contribution is 2.11. The molecular formula is C15H21N3. The molecule has 0 amide bonds. The van der Waals surface area contributed by atoms with Gasteiger partial charge >= 0.3 is 0 Å². The maximum atomic E-state index is 4.46. The van der Waals surface area contributed by atoms with Gasteiger partial charge in [0.15, 0.2) is 0 Å². The minimum Gasteiger partial charge on any atom is -0.353 e. The highest BCUT2D eigenvalue weighted by atomic mass is 15.2. The lowest BCUT2D eigenvalue weighted by Gasteiger charge is -2.14. The number of nitrogens with one attached hydrogen (secondary N) is 1. The van der Waals surface area contributed by atoms with Crippen LogP contribution in [0.5, 0.6) is 0 Å². The lowest BCUT2D eigenvalue weighted by molar-refractivity contribution is 0.692. The standard InChI is InChI=1S/C15H21N3/c1-12(9-10-14-7-5-4-6-8-14)16-15-17-13(2)11-18(15)3/h4-8,11-12H,9-10H2,1-3H3,(H,16,17). The minimum absolute atomic E-state index is 0.422. The molecule has 1 heterocycles. The van der Waals surface area contributed by atoms with E-state index >= 15 is 0 Å². The number of aromatic nitrogens is 2. The Bertz CT molecular complexity index is 488. The maximum Gasteiger partial charge on any atom is 0.202 e. The molecule has 0 fully saturated rings. The molecule has 18 heavy (non-hydrogen) atoms. The van der Waals surface area contributed by atoms with Gasteiger partial charge in [-0.3, -0.25) is 0 Å². The molecule has 0 radical (unpaired) electrons. The number of anilines is 1. The fourth-order valence-corrected chi connectivity index (χ4v) is 2.07. The van der Waals surface area contributed by atoms with Crippen molar-refractivity contribution >= 4 is 5.95 Å². The van der Waals surface area contributed by atoms with Crippen LogP contribution in [-0.2, 0) is 13.5 Å². The van der Waals surface area contributed by atoms with E-state index in [2.05, 4.69) is 47.6 Å². The van der Waals surface area contributed by atoms with Crippen molar-refractivity contribution in [3.8, 4) is 0 Å². The number of hydrogen-bond acceptors (Lipinski definition) is 2. The summed E-state index contributed by atoms with van der Waals surface area (Å²) >= 11 is 0. The van der Waals surface area contributed by atoms with E-state index < -0.39 is 0 Å². The molecule has 2 rings (SSSR count). The Labute approximate surface area is 109 Å². The molecule has 0 aliphatic heterocycles. The van der Waals surface area contributed by atoms with E-state index in [4.69, 9.17) is 0 Å². The number of rotatable bonds is 5. The van der Waals surface area contributed by atoms with Crippen LogP contribution in [0.2, 0.25) is 0 Å². The summed E-state index contributed by atoms with van der Waals surface area (Å²) in [5.41, 5.74) is 2.44. The third kappa shape index (κ3) is 3.36. The largest absolute Gasteiger partial charge is 0.353 e. The van der Waals surface area contributed by atoms with Crippen LogP contribution < -0.4 is 5.32 Å². The zero-order chi connectivity index (χ0) is 13.0. The Morgan fingerprint density at radius 3 is 2.61 bits per heavy atom. The predicted octanol–water partition coefficient (Wildman–Crippen LogP) is 3.16. The first-order chi connectivity index (χ1) is 8.65. The van der Waals surface area contributed by atoms with Crippen molar-refractivity contribution in [3.63, 3.8) is 0 Å². The van der Waals surface area contributed by atoms with Gasteiger partial charge in [0.25, 0.3) is 0 Å². The summed E-state index contributed by atoms with van der Waals surface area (Å²) < 4.78 is 2.04. The van der Waals surface area contributed by atoms with Crippen molar-refractivity contribution in [1.82, 2.24) is 9.55 Å². The molecule has 3 nitrogen and oxygen atoms in total. The Balaban J connectivity index is 1.86. The van der Waals surface area contributed by atoms with Gasteiger partial charge < -0.3 is 9.88 Å². The van der Waals surface area contributed by atoms with Gasteiger partial charge in [0.2, 0.25) is 5.95 Å². The fourth-order valence-electron chi connectivity index (χ4n) is 2.07. The van der Waals surface area contributed by atoms with Crippen molar-refractivity contribution in [2.75, 3.05) is 5.32 Å². The molecule has 2 aromatic rings. The molecule has 1 aromatic heterocycles. The Morgan fingerprint density at radius 2 is 2.00 bits per heavy atom. The topological polar surface area (TPSA) is 29.9 Å². The average Bonchev–Trinajstić information content (AvgIpc) is 2.67. The first kappa shape index (κ1) is 12.7. The van der Waals surface area contributed by atoms with E-state index in [0.29, 0.717) is 6.04 Å². The molecular weight excluding hydrogens is 222 g/mol. The van der Waals surface area contributed by atoms with Crippen molar-refractivity contribution in [2.24, 2.45) is 7.05 Å². The van der Waals surface area contributed by atoms with Gasteiger partial charge in [-0.2, -0.15) is 0 Å². The Morgan fingerprint density at radius 1 is 1.28 bits per heavy atom. The molecule has 3 heteroatoms. The highest BCUT2D eigenvalue weighted by Gasteiger charge is 2.07. The van der Waals surface area contributed by atoms with Gasteiger partial charge in [-0.25, -0.2) is 4.98 Å². The molecule has 0 spiro atoms. The van der Waals surface area contributed by atoms with E-state index in [1.54, 1.807) is 0 Å². The number of benzene rings is 1. The number of imidazole rings is 1. The van der Waals surface area contributed by atoms with E-state index in [1.807, 2.05) is 24.7 Å². The normalized spacial score (nSPS) is 12.4. The molecule has 1 atom stereocenters. The van der Waals surface area contributed by atoms with Crippen LogP contribution in [0.3, 0.4) is 0 Å². The maximum absolute atomic E-state index is 4.46. The summed E-state index contributed by atoms with van der Waals surface area (Å²) in [5, 5.41) is 3.45. The van der Waals surface area contributed by atoms with Crippen LogP contribution in [0, 0.1) is 6.92 Å². The van der Waals surface area contributed by atoms with E-state index in [1.165, 1.54) is 5.56 Å². The Hall–Kier alpha value is -1.77. The second kappa shape index (κ2) is 5.71.